The van der Waals surface area contributed by atoms with Crippen molar-refractivity contribution in [2.24, 2.45) is 0 Å². The largest absolute Gasteiger partial charge is 0.233 e. The van der Waals surface area contributed by atoms with Crippen molar-refractivity contribution in [3.05, 3.63) is 46.3 Å². The van der Waals surface area contributed by atoms with Gasteiger partial charge in [0.1, 0.15) is 22.1 Å². The van der Waals surface area contributed by atoms with Crippen LogP contribution in [0.5, 0.6) is 0 Å². The highest BCUT2D eigenvalue weighted by atomic mass is 79.9. The van der Waals surface area contributed by atoms with E-state index in [2.05, 4.69) is 25.9 Å². The number of aromatic nitrogens is 2. The summed E-state index contributed by atoms with van der Waals surface area (Å²) in [6, 6.07) is 4.81. The molecule has 0 saturated heterocycles. The molecule has 1 aromatic carbocycles. The number of hydrogen-bond donors (Lipinski definition) is 0. The van der Waals surface area contributed by atoms with Gasteiger partial charge in [0.15, 0.2) is 0 Å². The van der Waals surface area contributed by atoms with Crippen LogP contribution in [0.15, 0.2) is 28.9 Å². The fourth-order valence-corrected chi connectivity index (χ4v) is 1.84. The smallest absolute Gasteiger partial charge is 0.132 e. The summed E-state index contributed by atoms with van der Waals surface area (Å²) in [7, 11) is 0. The van der Waals surface area contributed by atoms with Gasteiger partial charge in [-0.2, -0.15) is 0 Å². The minimum absolute atomic E-state index is 0.131. The molecule has 0 amide bonds. The van der Waals surface area contributed by atoms with Gasteiger partial charge in [-0.05, 0) is 47.1 Å². The van der Waals surface area contributed by atoms with Gasteiger partial charge >= 0.3 is 0 Å². The minimum Gasteiger partial charge on any atom is -0.233 e. The topological polar surface area (TPSA) is 25.8 Å². The Balaban J connectivity index is 2.62. The van der Waals surface area contributed by atoms with Crippen LogP contribution >= 0.6 is 15.9 Å². The van der Waals surface area contributed by atoms with Gasteiger partial charge in [0.25, 0.3) is 0 Å². The third-order valence-electron chi connectivity index (χ3n) is 2.01. The van der Waals surface area contributed by atoms with Crippen LogP contribution in [0.3, 0.4) is 0 Å². The normalized spacial score (nSPS) is 10.5. The van der Waals surface area contributed by atoms with Crippen LogP contribution in [-0.4, -0.2) is 9.97 Å². The Morgan fingerprint density at radius 1 is 1.12 bits per heavy atom. The standard InChI is InChI=1S/C11H7BrF2N2/c1-6-15-10(5-11(12)16-6)8-4-7(13)2-3-9(8)14/h2-5H,1H3. The van der Waals surface area contributed by atoms with Gasteiger partial charge in [-0.1, -0.05) is 0 Å². The van der Waals surface area contributed by atoms with Gasteiger partial charge in [-0.25, -0.2) is 18.7 Å². The lowest BCUT2D eigenvalue weighted by atomic mass is 10.1. The molecule has 82 valence electrons. The molecule has 0 aliphatic rings. The number of aryl methyl sites for hydroxylation is 1. The highest BCUT2D eigenvalue weighted by molar-refractivity contribution is 9.10. The first-order valence-corrected chi connectivity index (χ1v) is 5.32. The molecule has 16 heavy (non-hydrogen) atoms. The first kappa shape index (κ1) is 11.1. The van der Waals surface area contributed by atoms with Crippen molar-refractivity contribution >= 4 is 15.9 Å². The van der Waals surface area contributed by atoms with E-state index in [4.69, 9.17) is 0 Å². The van der Waals surface area contributed by atoms with Crippen LogP contribution in [0, 0.1) is 18.6 Å². The van der Waals surface area contributed by atoms with E-state index in [1.165, 1.54) is 0 Å². The van der Waals surface area contributed by atoms with E-state index in [9.17, 15) is 8.78 Å². The summed E-state index contributed by atoms with van der Waals surface area (Å²) in [6.07, 6.45) is 0. The molecule has 0 N–H and O–H groups in total. The molecule has 0 radical (unpaired) electrons. The summed E-state index contributed by atoms with van der Waals surface area (Å²) in [5.41, 5.74) is 0.488. The quantitative estimate of drug-likeness (QED) is 0.749. The summed E-state index contributed by atoms with van der Waals surface area (Å²) in [6.45, 7) is 1.69. The molecule has 0 saturated carbocycles. The van der Waals surface area contributed by atoms with Crippen molar-refractivity contribution in [2.75, 3.05) is 0 Å². The Morgan fingerprint density at radius 2 is 1.88 bits per heavy atom. The van der Waals surface area contributed by atoms with E-state index in [-0.39, 0.29) is 5.56 Å². The molecule has 0 aliphatic carbocycles. The third kappa shape index (κ3) is 2.24. The van der Waals surface area contributed by atoms with E-state index in [1.54, 1.807) is 13.0 Å². The lowest BCUT2D eigenvalue weighted by Crippen LogP contribution is -1.94. The van der Waals surface area contributed by atoms with Gasteiger partial charge in [0.2, 0.25) is 0 Å². The number of halogens is 3. The van der Waals surface area contributed by atoms with E-state index >= 15 is 0 Å². The monoisotopic (exact) mass is 284 g/mol. The molecule has 1 heterocycles. The van der Waals surface area contributed by atoms with Crippen molar-refractivity contribution in [1.82, 2.24) is 9.97 Å². The summed E-state index contributed by atoms with van der Waals surface area (Å²) < 4.78 is 27.0. The van der Waals surface area contributed by atoms with Crippen molar-refractivity contribution in [3.63, 3.8) is 0 Å². The molecule has 0 aliphatic heterocycles. The molecule has 5 heteroatoms. The number of nitrogens with zero attached hydrogens (tertiary/aromatic N) is 2. The Labute approximate surface area is 99.5 Å². The van der Waals surface area contributed by atoms with Gasteiger partial charge in [0, 0.05) is 5.56 Å². The van der Waals surface area contributed by atoms with Gasteiger partial charge in [-0.3, -0.25) is 0 Å². The zero-order chi connectivity index (χ0) is 11.7. The Bertz CT molecular complexity index is 523. The maximum absolute atomic E-state index is 13.5. The zero-order valence-electron chi connectivity index (χ0n) is 8.34. The first-order chi connectivity index (χ1) is 7.56. The predicted molar refractivity (Wildman–Crippen MR) is 59.8 cm³/mol. The van der Waals surface area contributed by atoms with Crippen LogP contribution in [0.4, 0.5) is 8.78 Å². The van der Waals surface area contributed by atoms with E-state index in [1.807, 2.05) is 0 Å². The summed E-state index contributed by atoms with van der Waals surface area (Å²) >= 11 is 3.19. The number of rotatable bonds is 1. The molecule has 0 unspecified atom stereocenters. The highest BCUT2D eigenvalue weighted by Crippen LogP contribution is 2.23. The molecule has 1 aromatic heterocycles. The van der Waals surface area contributed by atoms with Crippen molar-refractivity contribution in [1.29, 1.82) is 0 Å². The molecule has 0 atom stereocenters. The Kier molecular flexibility index (Phi) is 2.96. The minimum atomic E-state index is -0.508. The summed E-state index contributed by atoms with van der Waals surface area (Å²) in [4.78, 5) is 8.06. The fraction of sp³-hybridized carbons (Fsp3) is 0.0909. The molecule has 2 rings (SSSR count). The summed E-state index contributed by atoms with van der Waals surface area (Å²) in [5.74, 6) is -0.511. The van der Waals surface area contributed by atoms with Gasteiger partial charge in [-0.15, -0.1) is 0 Å². The molecular weight excluding hydrogens is 278 g/mol. The Hall–Kier alpha value is -1.36. The fourth-order valence-electron chi connectivity index (χ4n) is 1.36. The second-order valence-corrected chi connectivity index (χ2v) is 4.06. The molecule has 2 nitrogen and oxygen atoms in total. The van der Waals surface area contributed by atoms with Crippen LogP contribution in [0.1, 0.15) is 5.82 Å². The van der Waals surface area contributed by atoms with E-state index < -0.39 is 11.6 Å². The van der Waals surface area contributed by atoms with Crippen molar-refractivity contribution in [3.8, 4) is 11.3 Å². The molecular formula is C11H7BrF2N2. The van der Waals surface area contributed by atoms with Gasteiger partial charge < -0.3 is 0 Å². The summed E-state index contributed by atoms with van der Waals surface area (Å²) in [5, 5.41) is 0. The molecule has 0 spiro atoms. The average Bonchev–Trinajstić information content (AvgIpc) is 2.20. The van der Waals surface area contributed by atoms with Gasteiger partial charge in [0.05, 0.1) is 5.69 Å². The zero-order valence-corrected chi connectivity index (χ0v) is 9.92. The van der Waals surface area contributed by atoms with Crippen molar-refractivity contribution < 1.29 is 8.78 Å². The molecule has 0 bridgehead atoms. The average molecular weight is 285 g/mol. The van der Waals surface area contributed by atoms with E-state index in [0.717, 1.165) is 18.2 Å². The lowest BCUT2D eigenvalue weighted by molar-refractivity contribution is 0.602. The van der Waals surface area contributed by atoms with Crippen molar-refractivity contribution in [2.45, 2.75) is 6.92 Å². The van der Waals surface area contributed by atoms with Crippen LogP contribution < -0.4 is 0 Å². The molecule has 0 fully saturated rings. The SMILES string of the molecule is Cc1nc(Br)cc(-c2cc(F)ccc2F)n1. The Morgan fingerprint density at radius 3 is 2.56 bits per heavy atom. The maximum Gasteiger partial charge on any atom is 0.132 e. The highest BCUT2D eigenvalue weighted by Gasteiger charge is 2.09. The van der Waals surface area contributed by atoms with E-state index in [0.29, 0.717) is 16.1 Å². The third-order valence-corrected chi connectivity index (χ3v) is 2.42. The number of hydrogen-bond acceptors (Lipinski definition) is 2. The van der Waals surface area contributed by atoms with Crippen LogP contribution in [0.2, 0.25) is 0 Å². The second-order valence-electron chi connectivity index (χ2n) is 3.25. The maximum atomic E-state index is 13.5. The lowest BCUT2D eigenvalue weighted by Gasteiger charge is -2.04. The molecule has 2 aromatic rings. The second kappa shape index (κ2) is 4.25. The van der Waals surface area contributed by atoms with Crippen LogP contribution in [-0.2, 0) is 0 Å². The van der Waals surface area contributed by atoms with Crippen LogP contribution in [0.25, 0.3) is 11.3 Å². The first-order valence-electron chi connectivity index (χ1n) is 4.53. The predicted octanol–water partition coefficient (Wildman–Crippen LogP) is 3.49. The number of benzene rings is 1.